The smallest absolute Gasteiger partial charge is 0.380 e. The van der Waals surface area contributed by atoms with Crippen LogP contribution in [0.1, 0.15) is 51.7 Å². The molecule has 0 aliphatic carbocycles. The van der Waals surface area contributed by atoms with Crippen molar-refractivity contribution in [2.24, 2.45) is 0 Å². The molecular weight excluding hydrogens is 1020 g/mol. The van der Waals surface area contributed by atoms with Crippen LogP contribution in [0.5, 0.6) is 0 Å². The summed E-state index contributed by atoms with van der Waals surface area (Å²) in [7, 11) is 4.37. The van der Waals surface area contributed by atoms with Gasteiger partial charge in [-0.3, -0.25) is 4.79 Å². The van der Waals surface area contributed by atoms with Gasteiger partial charge in [0.2, 0.25) is 0 Å². The minimum atomic E-state index is -1.77. The van der Waals surface area contributed by atoms with Crippen molar-refractivity contribution in [2.45, 2.75) is 89.7 Å². The van der Waals surface area contributed by atoms with Gasteiger partial charge in [0.05, 0.1) is 29.8 Å². The molecule has 26 heteroatoms. The first kappa shape index (κ1) is 65.1. The molecular formula is C46H59BrF6LiN9O9. The number of carbonyl (C=O) groups is 1. The van der Waals surface area contributed by atoms with Crippen LogP contribution in [0.4, 0.5) is 26.3 Å². The van der Waals surface area contributed by atoms with Crippen LogP contribution in [0.15, 0.2) is 97.0 Å². The van der Waals surface area contributed by atoms with Crippen molar-refractivity contribution in [2.75, 3.05) is 41.7 Å². The zero-order chi connectivity index (χ0) is 53.0. The Morgan fingerprint density at radius 2 is 1.00 bits per heavy atom. The molecule has 0 unspecified atom stereocenters. The van der Waals surface area contributed by atoms with Crippen LogP contribution in [0.3, 0.4) is 0 Å². The van der Waals surface area contributed by atoms with Gasteiger partial charge in [-0.25, -0.2) is 55.3 Å². The molecule has 2 N–H and O–H groups in total. The number of ketones is 1. The number of aromatic nitrogens is 9. The van der Waals surface area contributed by atoms with Crippen LogP contribution in [-0.2, 0) is 64.1 Å². The van der Waals surface area contributed by atoms with Gasteiger partial charge in [0.1, 0.15) is 117 Å². The second-order valence-corrected chi connectivity index (χ2v) is 15.8. The maximum absolute atomic E-state index is 14.1. The maximum atomic E-state index is 14.1. The Bertz CT molecular complexity index is 2280. The summed E-state index contributed by atoms with van der Waals surface area (Å²) in [5.41, 5.74) is -3.73. The normalized spacial score (nSPS) is 13.6. The Morgan fingerprint density at radius 3 is 1.32 bits per heavy atom. The molecule has 3 aromatic carbocycles. The van der Waals surface area contributed by atoms with E-state index in [0.717, 1.165) is 24.6 Å². The Labute approximate surface area is 434 Å². The Kier molecular flexibility index (Phi) is 31.2. The molecule has 0 aliphatic rings. The van der Waals surface area contributed by atoms with E-state index in [-0.39, 0.29) is 80.3 Å². The van der Waals surface area contributed by atoms with Gasteiger partial charge in [0, 0.05) is 50.7 Å². The van der Waals surface area contributed by atoms with E-state index in [1.165, 1.54) is 104 Å². The molecule has 0 radical (unpaired) electrons. The number of aliphatic hydroxyl groups is 2. The number of methoxy groups -OCH3 is 3. The number of hydrogen-bond donors (Lipinski definition) is 2. The van der Waals surface area contributed by atoms with Crippen molar-refractivity contribution in [3.8, 4) is 0 Å². The van der Waals surface area contributed by atoms with E-state index in [0.29, 0.717) is 12.1 Å². The van der Waals surface area contributed by atoms with Crippen LogP contribution < -0.4 is 18.9 Å². The minimum absolute atomic E-state index is 0. The van der Waals surface area contributed by atoms with Gasteiger partial charge in [-0.05, 0) is 61.0 Å². The molecule has 0 bridgehead atoms. The number of unbranched alkanes of at least 4 members (excludes halogenated alkanes) is 1. The van der Waals surface area contributed by atoms with Gasteiger partial charge in [-0.2, -0.15) is 21.7 Å². The van der Waals surface area contributed by atoms with Crippen molar-refractivity contribution in [3.63, 3.8) is 0 Å². The van der Waals surface area contributed by atoms with Crippen molar-refractivity contribution in [1.82, 2.24) is 44.3 Å². The summed E-state index contributed by atoms with van der Waals surface area (Å²) in [5, 5.41) is 33.6. The average molecular weight is 1080 g/mol. The SMILES string of the molecule is COCO[C@@H](C)C(=O)Cn1cncn1.COCO[C@@H](C)[C@@](O)(Cn1cncn1)c1ccc(F)cc1F.COCO[C@@H](C)[C@](O)(Cn1cncn1)c1ccc(F)cc1F.Fc1ccc(Br)c(F)c1.[CH2-]CCC.[Li+]. The Morgan fingerprint density at radius 1 is 0.639 bits per heavy atom. The molecule has 0 aliphatic heterocycles. The van der Waals surface area contributed by atoms with E-state index in [4.69, 9.17) is 23.7 Å². The molecule has 0 saturated carbocycles. The summed E-state index contributed by atoms with van der Waals surface area (Å²) < 4.78 is 113. The number of rotatable bonds is 21. The summed E-state index contributed by atoms with van der Waals surface area (Å²) in [6.07, 6.45) is 8.34. The van der Waals surface area contributed by atoms with E-state index in [1.807, 2.05) is 0 Å². The molecule has 392 valence electrons. The van der Waals surface area contributed by atoms with Gasteiger partial charge in [0.15, 0.2) is 5.78 Å². The third-order valence-corrected chi connectivity index (χ3v) is 10.3. The summed E-state index contributed by atoms with van der Waals surface area (Å²) >= 11 is 2.89. The molecule has 18 nitrogen and oxygen atoms in total. The van der Waals surface area contributed by atoms with Crippen LogP contribution >= 0.6 is 15.9 Å². The van der Waals surface area contributed by atoms with E-state index in [2.05, 4.69) is 64.8 Å². The number of ether oxygens (including phenoxy) is 6. The van der Waals surface area contributed by atoms with Gasteiger partial charge >= 0.3 is 18.9 Å². The number of benzene rings is 3. The van der Waals surface area contributed by atoms with Crippen LogP contribution in [0.25, 0.3) is 0 Å². The topological polar surface area (TPSA) is 205 Å². The molecule has 0 amide bonds. The monoisotopic (exact) mass is 1080 g/mol. The summed E-state index contributed by atoms with van der Waals surface area (Å²) in [6.45, 7) is 10.4. The molecule has 72 heavy (non-hydrogen) atoms. The summed E-state index contributed by atoms with van der Waals surface area (Å²) in [6, 6.07) is 9.29. The molecule has 0 saturated heterocycles. The fourth-order valence-corrected chi connectivity index (χ4v) is 5.87. The van der Waals surface area contributed by atoms with Crippen molar-refractivity contribution >= 4 is 21.7 Å². The predicted molar refractivity (Wildman–Crippen MR) is 247 cm³/mol. The van der Waals surface area contributed by atoms with Gasteiger partial charge in [-0.1, -0.05) is 25.5 Å². The molecule has 3 heterocycles. The number of carbonyl (C=O) groups excluding carboxylic acids is 1. The van der Waals surface area contributed by atoms with E-state index < -0.39 is 64.4 Å². The average Bonchev–Trinajstić information content (AvgIpc) is 4.17. The van der Waals surface area contributed by atoms with Crippen LogP contribution in [-0.4, -0.2) is 120 Å². The molecule has 0 spiro atoms. The fraction of sp³-hybridized carbons (Fsp3) is 0.435. The van der Waals surface area contributed by atoms with Gasteiger partial charge < -0.3 is 45.6 Å². The third kappa shape index (κ3) is 22.1. The molecule has 6 aromatic rings. The Hall–Kier alpha value is -4.91. The fourth-order valence-electron chi connectivity index (χ4n) is 5.62. The second-order valence-electron chi connectivity index (χ2n) is 14.9. The number of Topliss-reactive ketones (excluding diaryl/α,β-unsaturated/α-hetero) is 1. The molecule has 6 rings (SSSR count). The molecule has 0 fully saturated rings. The first-order chi connectivity index (χ1) is 33.8. The Balaban J connectivity index is 0.000000485. The van der Waals surface area contributed by atoms with Crippen molar-refractivity contribution < 1.29 is 88.6 Å². The summed E-state index contributed by atoms with van der Waals surface area (Å²) in [5.74, 6) is -4.38. The molecule has 5 atom stereocenters. The van der Waals surface area contributed by atoms with Gasteiger partial charge in [0.25, 0.3) is 0 Å². The van der Waals surface area contributed by atoms with E-state index >= 15 is 0 Å². The van der Waals surface area contributed by atoms with E-state index in [9.17, 15) is 41.4 Å². The maximum Gasteiger partial charge on any atom is 1.00 e. The first-order valence-electron chi connectivity index (χ1n) is 21.4. The molecule has 3 aromatic heterocycles. The zero-order valence-electron chi connectivity index (χ0n) is 41.2. The van der Waals surface area contributed by atoms with Gasteiger partial charge in [-0.15, -0.1) is 0 Å². The number of halogens is 7. The van der Waals surface area contributed by atoms with Crippen LogP contribution in [0.2, 0.25) is 0 Å². The minimum Gasteiger partial charge on any atom is -0.380 e. The third-order valence-electron chi connectivity index (χ3n) is 9.66. The number of nitrogens with zero attached hydrogens (tertiary/aromatic N) is 9. The summed E-state index contributed by atoms with van der Waals surface area (Å²) in [4.78, 5) is 22.7. The standard InChI is InChI=1S/2C14H17F2N3O3.C8H13N3O3.C6H3BrF2.C4H9.Li/c2*1-10(22-9-21-2)14(20,6-19-8-17-7-18-19)12-4-3-11(15)5-13(12)16;1-7(14-6-13-2)8(12)3-11-5-9-4-10-11;7-5-2-1-4(8)3-6(5)9;1-3-4-2;/h2*3-5,7-8,10,20H,6,9H2,1-2H3;4-5,7H,3,6H2,1-2H3;1-3H;1,3-4H2,2H3;/q;;;;-1;+1/t10-,14+;10-,14-;7-;;;/m000.../s1. The van der Waals surface area contributed by atoms with Crippen molar-refractivity contribution in [1.29, 1.82) is 0 Å². The predicted octanol–water partition coefficient (Wildman–Crippen LogP) is 4.11. The largest absolute Gasteiger partial charge is 1.00 e. The van der Waals surface area contributed by atoms with Crippen LogP contribution in [0, 0.1) is 41.8 Å². The van der Waals surface area contributed by atoms with Crippen molar-refractivity contribution in [3.05, 3.63) is 150 Å². The zero-order valence-corrected chi connectivity index (χ0v) is 42.8. The van der Waals surface area contributed by atoms with E-state index in [1.54, 1.807) is 20.8 Å². The number of hydrogen-bond acceptors (Lipinski definition) is 15. The second kappa shape index (κ2) is 34.5. The quantitative estimate of drug-likeness (QED) is 0.0342. The first-order valence-corrected chi connectivity index (χ1v) is 22.2.